The standard InChI is InChI=1S/C19H20N2O6S/c1-10-4-3-5-12(6-10)7-14(23)20-15-17(24)21-16(19(25)26)13(8-27-11(2)22)9-28-18(15)21/h3-6,15,18H,7-9H2,1-2H3,(H,20,23)(H,25,26)/t15-,18-/m1/s1. The Hall–Kier alpha value is -2.81. The maximum absolute atomic E-state index is 12.5. The van der Waals surface area contributed by atoms with Crippen LogP contribution < -0.4 is 5.32 Å². The number of ether oxygens (including phenoxy) is 1. The van der Waals surface area contributed by atoms with Gasteiger partial charge in [0.05, 0.1) is 6.42 Å². The number of amides is 2. The zero-order valence-corrected chi connectivity index (χ0v) is 16.2. The van der Waals surface area contributed by atoms with Crippen molar-refractivity contribution in [1.82, 2.24) is 10.2 Å². The molecule has 3 rings (SSSR count). The van der Waals surface area contributed by atoms with E-state index in [1.807, 2.05) is 31.2 Å². The fraction of sp³-hybridized carbons (Fsp3) is 0.368. The third-order valence-corrected chi connectivity index (χ3v) is 5.80. The van der Waals surface area contributed by atoms with Gasteiger partial charge in [0, 0.05) is 18.2 Å². The van der Waals surface area contributed by atoms with E-state index in [0.29, 0.717) is 11.3 Å². The van der Waals surface area contributed by atoms with Gasteiger partial charge in [0.2, 0.25) is 5.91 Å². The van der Waals surface area contributed by atoms with Gasteiger partial charge in [0.15, 0.2) is 0 Å². The van der Waals surface area contributed by atoms with Crippen molar-refractivity contribution in [3.8, 4) is 0 Å². The summed E-state index contributed by atoms with van der Waals surface area (Å²) < 4.78 is 4.89. The van der Waals surface area contributed by atoms with Crippen molar-refractivity contribution in [1.29, 1.82) is 0 Å². The number of fused-ring (bicyclic) bond motifs is 1. The molecule has 28 heavy (non-hydrogen) atoms. The van der Waals surface area contributed by atoms with Gasteiger partial charge in [-0.15, -0.1) is 11.8 Å². The second-order valence-corrected chi connectivity index (χ2v) is 7.76. The third-order valence-electron chi connectivity index (χ3n) is 4.46. The highest BCUT2D eigenvalue weighted by Gasteiger charge is 2.54. The first-order valence-corrected chi connectivity index (χ1v) is 9.71. The van der Waals surface area contributed by atoms with E-state index in [0.717, 1.165) is 16.0 Å². The summed E-state index contributed by atoms with van der Waals surface area (Å²) in [4.78, 5) is 48.7. The molecular weight excluding hydrogens is 384 g/mol. The number of hydrogen-bond donors (Lipinski definition) is 2. The molecule has 0 radical (unpaired) electrons. The molecule has 148 valence electrons. The van der Waals surface area contributed by atoms with E-state index in [2.05, 4.69) is 5.32 Å². The van der Waals surface area contributed by atoms with Gasteiger partial charge < -0.3 is 15.2 Å². The smallest absolute Gasteiger partial charge is 0.352 e. The third kappa shape index (κ3) is 4.04. The molecule has 1 saturated heterocycles. The van der Waals surface area contributed by atoms with E-state index in [-0.39, 0.29) is 24.6 Å². The number of nitrogens with zero attached hydrogens (tertiary/aromatic N) is 1. The summed E-state index contributed by atoms with van der Waals surface area (Å²) in [5, 5.41) is 11.7. The number of aryl methyl sites for hydroxylation is 1. The van der Waals surface area contributed by atoms with Gasteiger partial charge >= 0.3 is 11.9 Å². The van der Waals surface area contributed by atoms with Crippen molar-refractivity contribution >= 4 is 35.5 Å². The fourth-order valence-corrected chi connectivity index (χ4v) is 4.54. The van der Waals surface area contributed by atoms with Gasteiger partial charge in [0.1, 0.15) is 23.7 Å². The fourth-order valence-electron chi connectivity index (χ4n) is 3.22. The van der Waals surface area contributed by atoms with E-state index in [9.17, 15) is 24.3 Å². The molecule has 2 amide bonds. The lowest BCUT2D eigenvalue weighted by Crippen LogP contribution is -2.70. The monoisotopic (exact) mass is 404 g/mol. The van der Waals surface area contributed by atoms with E-state index in [1.165, 1.54) is 18.7 Å². The number of carbonyl (C=O) groups excluding carboxylic acids is 3. The summed E-state index contributed by atoms with van der Waals surface area (Å²) in [5.41, 5.74) is 2.07. The molecule has 8 nitrogen and oxygen atoms in total. The highest BCUT2D eigenvalue weighted by molar-refractivity contribution is 8.00. The normalized spacial score (nSPS) is 20.9. The van der Waals surface area contributed by atoms with E-state index in [1.54, 1.807) is 0 Å². The number of nitrogens with one attached hydrogen (secondary N) is 1. The van der Waals surface area contributed by atoms with Gasteiger partial charge in [-0.05, 0) is 12.5 Å². The number of carboxylic acid groups (broad SMARTS) is 1. The molecule has 0 aromatic heterocycles. The number of β-lactam (4-membered cyclic amide) rings is 1. The average Bonchev–Trinajstić information content (AvgIpc) is 2.63. The Balaban J connectivity index is 1.68. The molecule has 9 heteroatoms. The molecule has 0 spiro atoms. The molecule has 2 atom stereocenters. The molecule has 2 N–H and O–H groups in total. The first kappa shape index (κ1) is 19.9. The summed E-state index contributed by atoms with van der Waals surface area (Å²) >= 11 is 1.33. The van der Waals surface area contributed by atoms with Gasteiger partial charge in [-0.2, -0.15) is 0 Å². The molecule has 2 aliphatic heterocycles. The molecule has 0 unspecified atom stereocenters. The molecule has 0 saturated carbocycles. The van der Waals surface area contributed by atoms with Gasteiger partial charge in [0.25, 0.3) is 5.91 Å². The van der Waals surface area contributed by atoms with Crippen molar-refractivity contribution in [2.75, 3.05) is 12.4 Å². The Morgan fingerprint density at radius 3 is 2.75 bits per heavy atom. The SMILES string of the molecule is CC(=O)OCC1=C(C(=O)O)N2C(=O)[C@@H](NC(=O)Cc3cccc(C)c3)[C@H]2SC1. The number of esters is 1. The predicted octanol–water partition coefficient (Wildman–Crippen LogP) is 0.839. The zero-order chi connectivity index (χ0) is 20.4. The zero-order valence-electron chi connectivity index (χ0n) is 15.4. The van der Waals surface area contributed by atoms with Crippen LogP contribution in [0.5, 0.6) is 0 Å². The van der Waals surface area contributed by atoms with Crippen molar-refractivity contribution < 1.29 is 29.0 Å². The van der Waals surface area contributed by atoms with Crippen LogP contribution in [0.3, 0.4) is 0 Å². The number of thioether (sulfide) groups is 1. The van der Waals surface area contributed by atoms with Crippen LogP contribution in [0.15, 0.2) is 35.5 Å². The molecule has 1 fully saturated rings. The maximum atomic E-state index is 12.5. The van der Waals surface area contributed by atoms with Crippen LogP contribution in [0.25, 0.3) is 0 Å². The highest BCUT2D eigenvalue weighted by atomic mass is 32.2. The van der Waals surface area contributed by atoms with Crippen LogP contribution in [0, 0.1) is 6.92 Å². The minimum atomic E-state index is -1.26. The van der Waals surface area contributed by atoms with Crippen LogP contribution in [-0.4, -0.2) is 57.5 Å². The summed E-state index contributed by atoms with van der Waals surface area (Å²) in [7, 11) is 0. The maximum Gasteiger partial charge on any atom is 0.352 e. The second kappa shape index (κ2) is 8.05. The average molecular weight is 404 g/mol. The van der Waals surface area contributed by atoms with Gasteiger partial charge in [-0.3, -0.25) is 19.3 Å². The van der Waals surface area contributed by atoms with Gasteiger partial charge in [-0.1, -0.05) is 29.8 Å². The summed E-state index contributed by atoms with van der Waals surface area (Å²) in [6, 6.07) is 6.76. The Bertz CT molecular complexity index is 881. The Morgan fingerprint density at radius 1 is 1.36 bits per heavy atom. The van der Waals surface area contributed by atoms with Crippen LogP contribution in [-0.2, 0) is 30.3 Å². The van der Waals surface area contributed by atoms with Crippen molar-refractivity contribution in [2.24, 2.45) is 0 Å². The van der Waals surface area contributed by atoms with E-state index >= 15 is 0 Å². The number of carbonyl (C=O) groups is 4. The lowest BCUT2D eigenvalue weighted by atomic mass is 10.0. The van der Waals surface area contributed by atoms with Crippen LogP contribution in [0.4, 0.5) is 0 Å². The largest absolute Gasteiger partial charge is 0.477 e. The lowest BCUT2D eigenvalue weighted by molar-refractivity contribution is -0.151. The van der Waals surface area contributed by atoms with E-state index < -0.39 is 29.3 Å². The predicted molar refractivity (Wildman–Crippen MR) is 101 cm³/mol. The summed E-state index contributed by atoms with van der Waals surface area (Å²) in [6.07, 6.45) is 0.141. The van der Waals surface area contributed by atoms with Crippen molar-refractivity contribution in [3.63, 3.8) is 0 Å². The molecule has 1 aromatic rings. The minimum Gasteiger partial charge on any atom is -0.477 e. The first-order chi connectivity index (χ1) is 13.3. The topological polar surface area (TPSA) is 113 Å². The molecule has 1 aromatic carbocycles. The quantitative estimate of drug-likeness (QED) is 0.534. The van der Waals surface area contributed by atoms with Crippen LogP contribution in [0.1, 0.15) is 18.1 Å². The molecule has 2 aliphatic rings. The molecule has 2 heterocycles. The van der Waals surface area contributed by atoms with Crippen molar-refractivity contribution in [2.45, 2.75) is 31.7 Å². The number of aliphatic carboxylic acids is 1. The Morgan fingerprint density at radius 2 is 2.11 bits per heavy atom. The molecular formula is C19H20N2O6S. The van der Waals surface area contributed by atoms with Gasteiger partial charge in [-0.25, -0.2) is 4.79 Å². The van der Waals surface area contributed by atoms with Crippen LogP contribution in [0.2, 0.25) is 0 Å². The summed E-state index contributed by atoms with van der Waals surface area (Å²) in [5.74, 6) is -2.26. The second-order valence-electron chi connectivity index (χ2n) is 6.66. The lowest BCUT2D eigenvalue weighted by Gasteiger charge is -2.49. The Kier molecular flexibility index (Phi) is 5.73. The number of hydrogen-bond acceptors (Lipinski definition) is 6. The number of benzene rings is 1. The summed E-state index contributed by atoms with van der Waals surface area (Å²) in [6.45, 7) is 2.99. The molecule has 0 bridgehead atoms. The minimum absolute atomic E-state index is 0.141. The highest BCUT2D eigenvalue weighted by Crippen LogP contribution is 2.40. The molecule has 0 aliphatic carbocycles. The van der Waals surface area contributed by atoms with Crippen molar-refractivity contribution in [3.05, 3.63) is 46.7 Å². The van der Waals surface area contributed by atoms with Crippen LogP contribution >= 0.6 is 11.8 Å². The Labute approximate surface area is 165 Å². The first-order valence-electron chi connectivity index (χ1n) is 8.66. The number of carboxylic acids is 1. The van der Waals surface area contributed by atoms with E-state index in [4.69, 9.17) is 4.74 Å². The number of rotatable bonds is 6.